The Hall–Kier alpha value is -2.73. The summed E-state index contributed by atoms with van der Waals surface area (Å²) < 4.78 is 34.9. The van der Waals surface area contributed by atoms with E-state index in [1.807, 2.05) is 48.1 Å². The molecule has 0 saturated carbocycles. The number of sulfonamides is 1. The third-order valence-corrected chi connectivity index (χ3v) is 4.84. The van der Waals surface area contributed by atoms with Crippen LogP contribution in [0, 0.1) is 0 Å². The molecule has 1 aromatic heterocycles. The normalized spacial score (nSPS) is 11.2. The summed E-state index contributed by atoms with van der Waals surface area (Å²) in [6.07, 6.45) is 3.81. The fourth-order valence-corrected chi connectivity index (χ4v) is 3.38. The number of aromatic nitrogens is 1. The minimum absolute atomic E-state index is 0.192. The molecule has 0 aliphatic heterocycles. The van der Waals surface area contributed by atoms with E-state index >= 15 is 0 Å². The van der Waals surface area contributed by atoms with Gasteiger partial charge in [-0.3, -0.25) is 4.72 Å². The third-order valence-electron chi connectivity index (χ3n) is 3.45. The number of ether oxygens (including phenoxy) is 1. The zero-order valence-corrected chi connectivity index (χ0v) is 14.0. The van der Waals surface area contributed by atoms with Crippen LogP contribution in [0.3, 0.4) is 0 Å². The van der Waals surface area contributed by atoms with Crippen LogP contribution in [0.5, 0.6) is 5.75 Å². The molecule has 2 aromatic carbocycles. The molecule has 3 rings (SSSR count). The van der Waals surface area contributed by atoms with Gasteiger partial charge in [-0.05, 0) is 61.5 Å². The minimum Gasteiger partial charge on any atom is -0.494 e. The van der Waals surface area contributed by atoms with Crippen LogP contribution in [0.4, 0.5) is 5.69 Å². The van der Waals surface area contributed by atoms with Crippen molar-refractivity contribution in [3.63, 3.8) is 0 Å². The van der Waals surface area contributed by atoms with Crippen LogP contribution < -0.4 is 9.46 Å². The molecule has 6 heteroatoms. The highest BCUT2D eigenvalue weighted by molar-refractivity contribution is 7.92. The summed E-state index contributed by atoms with van der Waals surface area (Å²) in [6.45, 7) is 2.42. The van der Waals surface area contributed by atoms with Crippen molar-refractivity contribution in [3.8, 4) is 11.4 Å². The number of nitrogens with one attached hydrogen (secondary N) is 1. The molecule has 0 fully saturated rings. The number of anilines is 1. The zero-order chi connectivity index (χ0) is 17.0. The maximum atomic E-state index is 12.5. The smallest absolute Gasteiger partial charge is 0.261 e. The van der Waals surface area contributed by atoms with E-state index in [9.17, 15) is 8.42 Å². The van der Waals surface area contributed by atoms with Crippen LogP contribution in [-0.4, -0.2) is 19.6 Å². The molecule has 0 aliphatic carbocycles. The van der Waals surface area contributed by atoms with E-state index in [0.29, 0.717) is 18.0 Å². The molecule has 124 valence electrons. The summed E-state index contributed by atoms with van der Waals surface area (Å²) in [4.78, 5) is 0.192. The second-order valence-corrected chi connectivity index (χ2v) is 6.83. The summed E-state index contributed by atoms with van der Waals surface area (Å²) >= 11 is 0. The number of hydrogen-bond donors (Lipinski definition) is 1. The van der Waals surface area contributed by atoms with Crippen molar-refractivity contribution >= 4 is 15.7 Å². The first-order valence-corrected chi connectivity index (χ1v) is 9.06. The van der Waals surface area contributed by atoms with Crippen LogP contribution in [-0.2, 0) is 10.0 Å². The Bertz CT molecular complexity index is 902. The average Bonchev–Trinajstić information content (AvgIpc) is 3.10. The lowest BCUT2D eigenvalue weighted by molar-refractivity contribution is 0.340. The highest BCUT2D eigenvalue weighted by Gasteiger charge is 2.14. The van der Waals surface area contributed by atoms with Gasteiger partial charge in [0.1, 0.15) is 5.75 Å². The van der Waals surface area contributed by atoms with Crippen molar-refractivity contribution in [3.05, 3.63) is 73.1 Å². The molecule has 0 aliphatic rings. The van der Waals surface area contributed by atoms with Crippen molar-refractivity contribution < 1.29 is 13.2 Å². The molecule has 0 unspecified atom stereocenters. The fraction of sp³-hybridized carbons (Fsp3) is 0.111. The first-order chi connectivity index (χ1) is 11.6. The molecule has 0 saturated heterocycles. The van der Waals surface area contributed by atoms with Gasteiger partial charge in [0.2, 0.25) is 0 Å². The highest BCUT2D eigenvalue weighted by atomic mass is 32.2. The van der Waals surface area contributed by atoms with Gasteiger partial charge >= 0.3 is 0 Å². The standard InChI is InChI=1S/C18H18N2O3S/c1-2-23-17-8-10-18(11-9-17)24(21,22)19-15-6-5-7-16(14-15)20-12-3-4-13-20/h3-14,19H,2H2,1H3. The first-order valence-electron chi connectivity index (χ1n) is 7.57. The van der Waals surface area contributed by atoms with E-state index in [1.54, 1.807) is 24.3 Å². The molecule has 24 heavy (non-hydrogen) atoms. The summed E-state index contributed by atoms with van der Waals surface area (Å²) in [5.41, 5.74) is 1.39. The van der Waals surface area contributed by atoms with Gasteiger partial charge in [0.15, 0.2) is 0 Å². The largest absolute Gasteiger partial charge is 0.494 e. The molecule has 1 heterocycles. The lowest BCUT2D eigenvalue weighted by atomic mass is 10.3. The Morgan fingerprint density at radius 1 is 1.00 bits per heavy atom. The number of nitrogens with zero attached hydrogens (tertiary/aromatic N) is 1. The quantitative estimate of drug-likeness (QED) is 0.743. The summed E-state index contributed by atoms with van der Waals surface area (Å²) in [7, 11) is -3.65. The highest BCUT2D eigenvalue weighted by Crippen LogP contribution is 2.21. The van der Waals surface area contributed by atoms with Crippen LogP contribution in [0.15, 0.2) is 78.0 Å². The molecule has 0 radical (unpaired) electrons. The van der Waals surface area contributed by atoms with Crippen LogP contribution in [0.1, 0.15) is 6.92 Å². The Labute approximate surface area is 141 Å². The molecular formula is C18H18N2O3S. The van der Waals surface area contributed by atoms with Crippen molar-refractivity contribution in [1.29, 1.82) is 0 Å². The van der Waals surface area contributed by atoms with Crippen molar-refractivity contribution in [2.75, 3.05) is 11.3 Å². The first kappa shape index (κ1) is 16.1. The van der Waals surface area contributed by atoms with Gasteiger partial charge < -0.3 is 9.30 Å². The second kappa shape index (κ2) is 6.80. The molecule has 0 bridgehead atoms. The van der Waals surface area contributed by atoms with Gasteiger partial charge in [-0.1, -0.05) is 6.07 Å². The summed E-state index contributed by atoms with van der Waals surface area (Å²) in [6, 6.07) is 17.4. The van der Waals surface area contributed by atoms with Gasteiger partial charge in [-0.2, -0.15) is 0 Å². The van der Waals surface area contributed by atoms with Crippen LogP contribution in [0.2, 0.25) is 0 Å². The summed E-state index contributed by atoms with van der Waals surface area (Å²) in [5.74, 6) is 0.644. The predicted octanol–water partition coefficient (Wildman–Crippen LogP) is 3.68. The van der Waals surface area contributed by atoms with E-state index in [0.717, 1.165) is 5.69 Å². The Morgan fingerprint density at radius 3 is 2.38 bits per heavy atom. The fourth-order valence-electron chi connectivity index (χ4n) is 2.33. The molecule has 0 spiro atoms. The molecule has 1 N–H and O–H groups in total. The van der Waals surface area contributed by atoms with Gasteiger partial charge in [0.05, 0.1) is 17.2 Å². The third kappa shape index (κ3) is 3.60. The van der Waals surface area contributed by atoms with E-state index in [2.05, 4.69) is 4.72 Å². The Kier molecular flexibility index (Phi) is 4.57. The molecule has 3 aromatic rings. The second-order valence-electron chi connectivity index (χ2n) is 5.15. The molecule has 5 nitrogen and oxygen atoms in total. The van der Waals surface area contributed by atoms with E-state index < -0.39 is 10.0 Å². The Morgan fingerprint density at radius 2 is 1.71 bits per heavy atom. The van der Waals surface area contributed by atoms with Crippen LogP contribution in [0.25, 0.3) is 5.69 Å². The van der Waals surface area contributed by atoms with Crippen molar-refractivity contribution in [2.24, 2.45) is 0 Å². The van der Waals surface area contributed by atoms with Crippen LogP contribution >= 0.6 is 0 Å². The van der Waals surface area contributed by atoms with E-state index in [1.165, 1.54) is 12.1 Å². The van der Waals surface area contributed by atoms with Crippen molar-refractivity contribution in [2.45, 2.75) is 11.8 Å². The molecular weight excluding hydrogens is 324 g/mol. The van der Waals surface area contributed by atoms with E-state index in [-0.39, 0.29) is 4.90 Å². The monoisotopic (exact) mass is 342 g/mol. The number of benzene rings is 2. The average molecular weight is 342 g/mol. The van der Waals surface area contributed by atoms with Gasteiger partial charge in [0, 0.05) is 18.1 Å². The van der Waals surface area contributed by atoms with Gasteiger partial charge in [-0.25, -0.2) is 8.42 Å². The van der Waals surface area contributed by atoms with Gasteiger partial charge in [0.25, 0.3) is 10.0 Å². The topological polar surface area (TPSA) is 60.3 Å². The SMILES string of the molecule is CCOc1ccc(S(=O)(=O)Nc2cccc(-n3cccc3)c2)cc1. The predicted molar refractivity (Wildman–Crippen MR) is 94.2 cm³/mol. The Balaban J connectivity index is 1.83. The molecule has 0 atom stereocenters. The number of hydrogen-bond acceptors (Lipinski definition) is 3. The minimum atomic E-state index is -3.65. The summed E-state index contributed by atoms with van der Waals surface area (Å²) in [5, 5.41) is 0. The zero-order valence-electron chi connectivity index (χ0n) is 13.2. The van der Waals surface area contributed by atoms with E-state index in [4.69, 9.17) is 4.74 Å². The van der Waals surface area contributed by atoms with Gasteiger partial charge in [-0.15, -0.1) is 0 Å². The lowest BCUT2D eigenvalue weighted by Crippen LogP contribution is -2.13. The lowest BCUT2D eigenvalue weighted by Gasteiger charge is -2.11. The van der Waals surface area contributed by atoms with Crippen molar-refractivity contribution in [1.82, 2.24) is 4.57 Å². The molecule has 0 amide bonds. The maximum absolute atomic E-state index is 12.5. The maximum Gasteiger partial charge on any atom is 0.261 e. The number of rotatable bonds is 6.